The van der Waals surface area contributed by atoms with E-state index in [0.717, 1.165) is 33.6 Å². The van der Waals surface area contributed by atoms with Crippen molar-refractivity contribution in [1.82, 2.24) is 0 Å². The van der Waals surface area contributed by atoms with Crippen LogP contribution in [0.25, 0.3) is 11.1 Å². The van der Waals surface area contributed by atoms with Gasteiger partial charge in [-0.15, -0.1) is 0 Å². The van der Waals surface area contributed by atoms with Crippen molar-refractivity contribution in [3.8, 4) is 23.0 Å². The summed E-state index contributed by atoms with van der Waals surface area (Å²) in [7, 11) is 6.45. The molecule has 158 valence electrons. The lowest BCUT2D eigenvalue weighted by Gasteiger charge is -2.14. The molecule has 3 aromatic carbocycles. The van der Waals surface area contributed by atoms with Crippen molar-refractivity contribution in [2.75, 3.05) is 28.4 Å². The van der Waals surface area contributed by atoms with Gasteiger partial charge < -0.3 is 18.9 Å². The highest BCUT2D eigenvalue weighted by molar-refractivity contribution is 6.41. The zero-order chi connectivity index (χ0) is 22.1. The van der Waals surface area contributed by atoms with Crippen molar-refractivity contribution < 1.29 is 23.7 Å². The second-order valence-corrected chi connectivity index (χ2v) is 7.28. The Kier molecular flexibility index (Phi) is 5.42. The molecule has 3 aromatic rings. The molecule has 0 N–H and O–H groups in total. The fourth-order valence-corrected chi connectivity index (χ4v) is 4.03. The molecule has 0 amide bonds. The van der Waals surface area contributed by atoms with Crippen LogP contribution in [0.1, 0.15) is 32.6 Å². The molecule has 0 spiro atoms. The highest BCUT2D eigenvalue weighted by Gasteiger charge is 2.33. The van der Waals surface area contributed by atoms with E-state index in [9.17, 15) is 4.79 Å². The Morgan fingerprint density at radius 3 is 1.68 bits per heavy atom. The van der Waals surface area contributed by atoms with Gasteiger partial charge in [0, 0.05) is 22.8 Å². The van der Waals surface area contributed by atoms with Crippen LogP contribution in [-0.4, -0.2) is 34.2 Å². The maximum atomic E-state index is 13.7. The molecule has 0 atom stereocenters. The van der Waals surface area contributed by atoms with E-state index < -0.39 is 0 Å². The first-order valence-electron chi connectivity index (χ1n) is 9.86. The lowest BCUT2D eigenvalue weighted by Crippen LogP contribution is -2.00. The third-order valence-corrected chi connectivity index (χ3v) is 5.54. The van der Waals surface area contributed by atoms with E-state index >= 15 is 0 Å². The smallest absolute Gasteiger partial charge is 0.195 e. The number of carbonyl (C=O) groups excluding carboxylic acids is 1. The first kappa shape index (κ1) is 20.5. The third kappa shape index (κ3) is 3.52. The molecule has 0 aliphatic heterocycles. The second-order valence-electron chi connectivity index (χ2n) is 7.28. The van der Waals surface area contributed by atoms with Crippen LogP contribution in [-0.2, 0) is 0 Å². The van der Waals surface area contributed by atoms with E-state index in [-0.39, 0.29) is 5.78 Å². The van der Waals surface area contributed by atoms with Gasteiger partial charge in [-0.05, 0) is 65.6 Å². The maximum Gasteiger partial charge on any atom is 0.195 e. The number of ether oxygens (including phenoxy) is 4. The number of ketones is 1. The molecule has 0 saturated carbocycles. The Labute approximate surface area is 181 Å². The topological polar surface area (TPSA) is 54.0 Å². The quantitative estimate of drug-likeness (QED) is 0.554. The number of allylic oxidation sites excluding steroid dienone is 1. The van der Waals surface area contributed by atoms with Crippen molar-refractivity contribution in [2.45, 2.75) is 6.92 Å². The van der Waals surface area contributed by atoms with Gasteiger partial charge in [0.05, 0.1) is 28.4 Å². The largest absolute Gasteiger partial charge is 0.497 e. The predicted molar refractivity (Wildman–Crippen MR) is 121 cm³/mol. The average molecular weight is 416 g/mol. The van der Waals surface area contributed by atoms with E-state index in [1.165, 1.54) is 0 Å². The van der Waals surface area contributed by atoms with Crippen LogP contribution in [0.15, 0.2) is 54.6 Å². The Morgan fingerprint density at radius 1 is 0.581 bits per heavy atom. The molecule has 5 nitrogen and oxygen atoms in total. The van der Waals surface area contributed by atoms with Crippen molar-refractivity contribution in [1.29, 1.82) is 0 Å². The van der Waals surface area contributed by atoms with Gasteiger partial charge in [0.1, 0.15) is 23.0 Å². The lowest BCUT2D eigenvalue weighted by atomic mass is 9.92. The molecule has 0 unspecified atom stereocenters. The molecule has 0 bridgehead atoms. The number of aryl methyl sites for hydroxylation is 1. The minimum absolute atomic E-state index is 0.0426. The Hall–Kier alpha value is -3.73. The SMILES string of the molecule is COc1ccc(C2=C(c3cc(OC)cc(OC)c3)c3c(C)cc(OC)cc3C2=O)cc1. The molecule has 0 aromatic heterocycles. The van der Waals surface area contributed by atoms with Crippen LogP contribution in [0.5, 0.6) is 23.0 Å². The van der Waals surface area contributed by atoms with Gasteiger partial charge in [-0.25, -0.2) is 0 Å². The van der Waals surface area contributed by atoms with Crippen LogP contribution in [0.2, 0.25) is 0 Å². The number of carbonyl (C=O) groups is 1. The van der Waals surface area contributed by atoms with Crippen molar-refractivity contribution in [3.05, 3.63) is 82.4 Å². The molecule has 0 fully saturated rings. The van der Waals surface area contributed by atoms with Crippen LogP contribution >= 0.6 is 0 Å². The summed E-state index contributed by atoms with van der Waals surface area (Å²) < 4.78 is 21.7. The minimum atomic E-state index is -0.0426. The summed E-state index contributed by atoms with van der Waals surface area (Å²) in [5.41, 5.74) is 5.63. The van der Waals surface area contributed by atoms with E-state index in [2.05, 4.69) is 0 Å². The summed E-state index contributed by atoms with van der Waals surface area (Å²) in [5, 5.41) is 0. The number of benzene rings is 3. The van der Waals surface area contributed by atoms with E-state index in [1.54, 1.807) is 34.5 Å². The fourth-order valence-electron chi connectivity index (χ4n) is 4.03. The molecule has 31 heavy (non-hydrogen) atoms. The summed E-state index contributed by atoms with van der Waals surface area (Å²) in [4.78, 5) is 13.7. The Morgan fingerprint density at radius 2 is 1.13 bits per heavy atom. The summed E-state index contributed by atoms with van der Waals surface area (Å²) in [5.74, 6) is 2.66. The number of hydrogen-bond acceptors (Lipinski definition) is 5. The van der Waals surface area contributed by atoms with Gasteiger partial charge in [0.2, 0.25) is 0 Å². The minimum Gasteiger partial charge on any atom is -0.497 e. The zero-order valence-electron chi connectivity index (χ0n) is 18.2. The monoisotopic (exact) mass is 416 g/mol. The Bertz CT molecular complexity index is 1170. The average Bonchev–Trinajstić information content (AvgIpc) is 3.11. The van der Waals surface area contributed by atoms with Crippen LogP contribution in [0.4, 0.5) is 0 Å². The van der Waals surface area contributed by atoms with Gasteiger partial charge >= 0.3 is 0 Å². The molecular formula is C26H24O5. The zero-order valence-corrected chi connectivity index (χ0v) is 18.2. The van der Waals surface area contributed by atoms with Gasteiger partial charge in [-0.3, -0.25) is 4.79 Å². The molecule has 0 radical (unpaired) electrons. The van der Waals surface area contributed by atoms with E-state index in [0.29, 0.717) is 28.4 Å². The number of hydrogen-bond donors (Lipinski definition) is 0. The molecule has 1 aliphatic rings. The Balaban J connectivity index is 2.04. The number of Topliss-reactive ketones (excluding diaryl/α,β-unsaturated/α-hetero) is 1. The maximum absolute atomic E-state index is 13.7. The summed E-state index contributed by atoms with van der Waals surface area (Å²) in [6.07, 6.45) is 0. The lowest BCUT2D eigenvalue weighted by molar-refractivity contribution is 0.105. The normalized spacial score (nSPS) is 12.6. The first-order valence-corrected chi connectivity index (χ1v) is 9.86. The number of methoxy groups -OCH3 is 4. The standard InChI is InChI=1S/C26H24O5/c1-15-10-19(29-3)14-22-23(15)24(17-11-20(30-4)13-21(12-17)31-5)25(26(22)27)16-6-8-18(28-2)9-7-16/h6-14H,1-5H3. The predicted octanol–water partition coefficient (Wildman–Crippen LogP) is 5.18. The summed E-state index contributed by atoms with van der Waals surface area (Å²) in [6, 6.07) is 16.9. The van der Waals surface area contributed by atoms with Crippen LogP contribution in [0.3, 0.4) is 0 Å². The van der Waals surface area contributed by atoms with E-state index in [1.807, 2.05) is 55.5 Å². The fraction of sp³-hybridized carbons (Fsp3) is 0.192. The third-order valence-electron chi connectivity index (χ3n) is 5.54. The first-order chi connectivity index (χ1) is 15.0. The number of fused-ring (bicyclic) bond motifs is 1. The molecule has 0 saturated heterocycles. The van der Waals surface area contributed by atoms with Gasteiger partial charge in [0.15, 0.2) is 5.78 Å². The molecule has 0 heterocycles. The second kappa shape index (κ2) is 8.19. The molecule has 4 rings (SSSR count). The summed E-state index contributed by atoms with van der Waals surface area (Å²) >= 11 is 0. The van der Waals surface area contributed by atoms with Crippen molar-refractivity contribution in [3.63, 3.8) is 0 Å². The van der Waals surface area contributed by atoms with Gasteiger partial charge in [-0.1, -0.05) is 12.1 Å². The van der Waals surface area contributed by atoms with Crippen LogP contribution in [0, 0.1) is 6.92 Å². The van der Waals surface area contributed by atoms with Gasteiger partial charge in [0.25, 0.3) is 0 Å². The highest BCUT2D eigenvalue weighted by atomic mass is 16.5. The molecule has 1 aliphatic carbocycles. The van der Waals surface area contributed by atoms with E-state index in [4.69, 9.17) is 18.9 Å². The highest BCUT2D eigenvalue weighted by Crippen LogP contribution is 2.46. The molecule has 5 heteroatoms. The summed E-state index contributed by atoms with van der Waals surface area (Å²) in [6.45, 7) is 1.99. The van der Waals surface area contributed by atoms with Crippen molar-refractivity contribution in [2.24, 2.45) is 0 Å². The van der Waals surface area contributed by atoms with Gasteiger partial charge in [-0.2, -0.15) is 0 Å². The number of rotatable bonds is 6. The van der Waals surface area contributed by atoms with Crippen LogP contribution < -0.4 is 18.9 Å². The molecular weight excluding hydrogens is 392 g/mol. The van der Waals surface area contributed by atoms with Crippen molar-refractivity contribution >= 4 is 16.9 Å².